The Labute approximate surface area is 139 Å². The van der Waals surface area contributed by atoms with Gasteiger partial charge in [-0.25, -0.2) is 9.78 Å². The van der Waals surface area contributed by atoms with Crippen LogP contribution in [0.15, 0.2) is 23.6 Å². The third-order valence-electron chi connectivity index (χ3n) is 3.29. The summed E-state index contributed by atoms with van der Waals surface area (Å²) in [6.45, 7) is 7.96. The van der Waals surface area contributed by atoms with Gasteiger partial charge < -0.3 is 10.4 Å². The first kappa shape index (κ1) is 17.1. The second-order valence-electron chi connectivity index (χ2n) is 6.45. The Morgan fingerprint density at radius 2 is 2.00 bits per heavy atom. The summed E-state index contributed by atoms with van der Waals surface area (Å²) in [5.41, 5.74) is 2.01. The van der Waals surface area contributed by atoms with Crippen LogP contribution in [0.5, 0.6) is 0 Å². The Morgan fingerprint density at radius 1 is 1.30 bits per heavy atom. The zero-order valence-corrected chi connectivity index (χ0v) is 14.5. The van der Waals surface area contributed by atoms with Crippen LogP contribution >= 0.6 is 11.3 Å². The van der Waals surface area contributed by atoms with E-state index in [4.69, 9.17) is 5.11 Å². The van der Waals surface area contributed by atoms with Gasteiger partial charge in [-0.15, -0.1) is 11.3 Å². The summed E-state index contributed by atoms with van der Waals surface area (Å²) in [5.74, 6) is -1.22. The van der Waals surface area contributed by atoms with Gasteiger partial charge in [-0.3, -0.25) is 4.79 Å². The van der Waals surface area contributed by atoms with E-state index in [0.29, 0.717) is 11.3 Å². The van der Waals surface area contributed by atoms with Crippen LogP contribution in [-0.2, 0) is 16.6 Å². The molecule has 0 spiro atoms. The molecular weight excluding hydrogens is 312 g/mol. The molecule has 0 aliphatic carbocycles. The predicted octanol–water partition coefficient (Wildman–Crippen LogP) is 3.63. The van der Waals surface area contributed by atoms with Crippen molar-refractivity contribution in [1.82, 2.24) is 4.98 Å². The molecular formula is C17H20N2O3S. The minimum absolute atomic E-state index is 0.0350. The molecule has 23 heavy (non-hydrogen) atoms. The lowest BCUT2D eigenvalue weighted by atomic mass is 9.98. The van der Waals surface area contributed by atoms with Gasteiger partial charge in [0.25, 0.3) is 0 Å². The average Bonchev–Trinajstić information content (AvgIpc) is 2.89. The molecule has 1 heterocycles. The normalized spacial score (nSPS) is 11.3. The van der Waals surface area contributed by atoms with Gasteiger partial charge in [-0.1, -0.05) is 26.8 Å². The first-order valence-electron chi connectivity index (χ1n) is 7.25. The van der Waals surface area contributed by atoms with Gasteiger partial charge in [-0.05, 0) is 24.6 Å². The van der Waals surface area contributed by atoms with E-state index in [2.05, 4.69) is 31.1 Å². The number of hydrogen-bond acceptors (Lipinski definition) is 4. The standard InChI is InChI=1S/C17H20N2O3S/c1-10-5-6-11(7-13(10)15(21)22)18-14(20)8-12-9-23-16(19-12)17(2,3)4/h5-7,9H,8H2,1-4H3,(H,18,20)(H,21,22). The molecule has 0 saturated carbocycles. The molecule has 6 heteroatoms. The highest BCUT2D eigenvalue weighted by atomic mass is 32.1. The fourth-order valence-corrected chi connectivity index (χ4v) is 2.94. The molecule has 1 aromatic heterocycles. The largest absolute Gasteiger partial charge is 0.478 e. The number of carbonyl (C=O) groups excluding carboxylic acids is 1. The lowest BCUT2D eigenvalue weighted by Gasteiger charge is -2.13. The molecule has 0 radical (unpaired) electrons. The van der Waals surface area contributed by atoms with Crippen molar-refractivity contribution >= 4 is 28.9 Å². The van der Waals surface area contributed by atoms with Crippen molar-refractivity contribution in [2.45, 2.75) is 39.5 Å². The summed E-state index contributed by atoms with van der Waals surface area (Å²) in [6.07, 6.45) is 0.170. The zero-order chi connectivity index (χ0) is 17.2. The molecule has 0 aliphatic rings. The maximum absolute atomic E-state index is 12.1. The minimum Gasteiger partial charge on any atom is -0.478 e. The Kier molecular flexibility index (Phi) is 4.85. The van der Waals surface area contributed by atoms with E-state index in [1.54, 1.807) is 30.4 Å². The molecule has 2 aromatic rings. The molecule has 0 fully saturated rings. The third-order valence-corrected chi connectivity index (χ3v) is 4.60. The van der Waals surface area contributed by atoms with Crippen LogP contribution in [0.4, 0.5) is 5.69 Å². The number of hydrogen-bond donors (Lipinski definition) is 2. The third kappa shape index (κ3) is 4.39. The number of thiazole rings is 1. The number of benzene rings is 1. The molecule has 2 N–H and O–H groups in total. The Bertz CT molecular complexity index is 745. The van der Waals surface area contributed by atoms with Crippen molar-refractivity contribution in [3.8, 4) is 0 Å². The number of nitrogens with zero attached hydrogens (tertiary/aromatic N) is 1. The van der Waals surface area contributed by atoms with Crippen LogP contribution in [-0.4, -0.2) is 22.0 Å². The SMILES string of the molecule is Cc1ccc(NC(=O)Cc2csc(C(C)(C)C)n2)cc1C(=O)O. The summed E-state index contributed by atoms with van der Waals surface area (Å²) < 4.78 is 0. The van der Waals surface area contributed by atoms with E-state index in [0.717, 1.165) is 10.7 Å². The Hall–Kier alpha value is -2.21. The predicted molar refractivity (Wildman–Crippen MR) is 91.3 cm³/mol. The summed E-state index contributed by atoms with van der Waals surface area (Å²) in [6, 6.07) is 4.85. The topological polar surface area (TPSA) is 79.3 Å². The van der Waals surface area contributed by atoms with E-state index in [1.165, 1.54) is 6.07 Å². The van der Waals surface area contributed by atoms with E-state index in [9.17, 15) is 9.59 Å². The van der Waals surface area contributed by atoms with E-state index >= 15 is 0 Å². The number of aromatic carboxylic acids is 1. The first-order valence-corrected chi connectivity index (χ1v) is 8.13. The summed E-state index contributed by atoms with van der Waals surface area (Å²) in [4.78, 5) is 27.7. The van der Waals surface area contributed by atoms with Crippen LogP contribution in [0.3, 0.4) is 0 Å². The van der Waals surface area contributed by atoms with Gasteiger partial charge in [0.15, 0.2) is 0 Å². The number of carbonyl (C=O) groups is 2. The monoisotopic (exact) mass is 332 g/mol. The lowest BCUT2D eigenvalue weighted by Crippen LogP contribution is -2.16. The first-order chi connectivity index (χ1) is 10.7. The summed E-state index contributed by atoms with van der Waals surface area (Å²) >= 11 is 1.54. The van der Waals surface area contributed by atoms with Gasteiger partial charge in [0.2, 0.25) is 5.91 Å². The van der Waals surface area contributed by atoms with E-state index < -0.39 is 5.97 Å². The Balaban J connectivity index is 2.07. The van der Waals surface area contributed by atoms with Crippen LogP contribution < -0.4 is 5.32 Å². The molecule has 0 saturated heterocycles. The van der Waals surface area contributed by atoms with Gasteiger partial charge >= 0.3 is 5.97 Å². The maximum atomic E-state index is 12.1. The zero-order valence-electron chi connectivity index (χ0n) is 13.6. The van der Waals surface area contributed by atoms with Crippen molar-refractivity contribution in [3.05, 3.63) is 45.4 Å². The number of aromatic nitrogens is 1. The average molecular weight is 332 g/mol. The van der Waals surface area contributed by atoms with Gasteiger partial charge in [0.05, 0.1) is 22.7 Å². The number of carboxylic acids is 1. The summed E-state index contributed by atoms with van der Waals surface area (Å²) in [5, 5.41) is 14.7. The molecule has 0 atom stereocenters. The molecule has 0 aliphatic heterocycles. The van der Waals surface area contributed by atoms with E-state index in [-0.39, 0.29) is 23.3 Å². The smallest absolute Gasteiger partial charge is 0.336 e. The molecule has 1 aromatic carbocycles. The number of anilines is 1. The van der Waals surface area contributed by atoms with Crippen molar-refractivity contribution in [1.29, 1.82) is 0 Å². The number of aryl methyl sites for hydroxylation is 1. The molecule has 5 nitrogen and oxygen atoms in total. The molecule has 0 bridgehead atoms. The number of amides is 1. The quantitative estimate of drug-likeness (QED) is 0.896. The molecule has 1 amide bonds. The lowest BCUT2D eigenvalue weighted by molar-refractivity contribution is -0.115. The minimum atomic E-state index is -1.01. The van der Waals surface area contributed by atoms with Crippen molar-refractivity contribution in [3.63, 3.8) is 0 Å². The van der Waals surface area contributed by atoms with Crippen LogP contribution in [0, 0.1) is 6.92 Å². The fourth-order valence-electron chi connectivity index (χ4n) is 2.03. The van der Waals surface area contributed by atoms with Gasteiger partial charge in [0.1, 0.15) is 0 Å². The Morgan fingerprint density at radius 3 is 2.57 bits per heavy atom. The van der Waals surface area contributed by atoms with Gasteiger partial charge in [0, 0.05) is 16.5 Å². The maximum Gasteiger partial charge on any atom is 0.336 e. The highest BCUT2D eigenvalue weighted by Gasteiger charge is 2.19. The van der Waals surface area contributed by atoms with Crippen LogP contribution in [0.2, 0.25) is 0 Å². The van der Waals surface area contributed by atoms with Crippen LogP contribution in [0.25, 0.3) is 0 Å². The van der Waals surface area contributed by atoms with Crippen molar-refractivity contribution in [2.24, 2.45) is 0 Å². The molecule has 2 rings (SSSR count). The van der Waals surface area contributed by atoms with E-state index in [1.807, 2.05) is 5.38 Å². The number of rotatable bonds is 4. The van der Waals surface area contributed by atoms with Gasteiger partial charge in [-0.2, -0.15) is 0 Å². The molecule has 0 unspecified atom stereocenters. The van der Waals surface area contributed by atoms with Crippen molar-refractivity contribution in [2.75, 3.05) is 5.32 Å². The highest BCUT2D eigenvalue weighted by Crippen LogP contribution is 2.25. The molecule has 122 valence electrons. The second kappa shape index (κ2) is 6.50. The number of nitrogens with one attached hydrogen (secondary N) is 1. The second-order valence-corrected chi connectivity index (χ2v) is 7.31. The highest BCUT2D eigenvalue weighted by molar-refractivity contribution is 7.09. The summed E-state index contributed by atoms with van der Waals surface area (Å²) in [7, 11) is 0. The number of carboxylic acid groups (broad SMARTS) is 1. The van der Waals surface area contributed by atoms with Crippen LogP contribution in [0.1, 0.15) is 47.4 Å². The van der Waals surface area contributed by atoms with Crippen molar-refractivity contribution < 1.29 is 14.7 Å². The fraction of sp³-hybridized carbons (Fsp3) is 0.353.